The van der Waals surface area contributed by atoms with E-state index >= 15 is 0 Å². The summed E-state index contributed by atoms with van der Waals surface area (Å²) in [7, 11) is -4.24. The Morgan fingerprint density at radius 3 is 2.17 bits per heavy atom. The van der Waals surface area contributed by atoms with Crippen molar-refractivity contribution >= 4 is 50.7 Å². The molecule has 42 heavy (non-hydrogen) atoms. The lowest BCUT2D eigenvalue weighted by atomic mass is 10.1. The topological polar surface area (TPSA) is 96.0 Å². The molecule has 0 bridgehead atoms. The van der Waals surface area contributed by atoms with E-state index in [-0.39, 0.29) is 36.1 Å². The van der Waals surface area contributed by atoms with Crippen LogP contribution >= 0.6 is 23.2 Å². The Bertz CT molecular complexity index is 1460. The van der Waals surface area contributed by atoms with Crippen molar-refractivity contribution in [1.29, 1.82) is 0 Å². The molecule has 0 radical (unpaired) electrons. The Hall–Kier alpha value is -3.27. The first kappa shape index (κ1) is 33.2. The summed E-state index contributed by atoms with van der Waals surface area (Å²) in [5.41, 5.74) is 1.55. The Morgan fingerprint density at radius 2 is 1.57 bits per heavy atom. The number of amides is 2. The Kier molecular flexibility index (Phi) is 12.1. The molecular formula is C31H37Cl2N3O5S. The molecular weight excluding hydrogens is 597 g/mol. The highest BCUT2D eigenvalue weighted by molar-refractivity contribution is 7.92. The van der Waals surface area contributed by atoms with Crippen molar-refractivity contribution < 1.29 is 22.7 Å². The van der Waals surface area contributed by atoms with Gasteiger partial charge in [0.15, 0.2) is 0 Å². The fraction of sp³-hybridized carbons (Fsp3) is 0.355. The van der Waals surface area contributed by atoms with Crippen LogP contribution in [-0.4, -0.2) is 50.9 Å². The summed E-state index contributed by atoms with van der Waals surface area (Å²) in [5.74, 6) is -0.651. The number of hydrogen-bond acceptors (Lipinski definition) is 5. The standard InChI is InChI=1S/C31H37Cl2N3O5S/c1-5-19-34-31(38)27(6-2)35(20-24-25(32)11-10-12-26(24)33)30(37)21-36(28-13-8-9-14-29(28)41-7-3)42(39,40)23-17-15-22(4)16-18-23/h8-18,27H,5-7,19-21H2,1-4H3,(H,34,38)/t27-/m1/s1. The van der Waals surface area contributed by atoms with Gasteiger partial charge in [-0.05, 0) is 63.1 Å². The largest absolute Gasteiger partial charge is 0.492 e. The highest BCUT2D eigenvalue weighted by atomic mass is 35.5. The zero-order chi connectivity index (χ0) is 30.9. The fourth-order valence-corrected chi connectivity index (χ4v) is 6.37. The molecule has 0 aliphatic rings. The predicted molar refractivity (Wildman–Crippen MR) is 168 cm³/mol. The van der Waals surface area contributed by atoms with Gasteiger partial charge in [0.05, 0.1) is 17.2 Å². The van der Waals surface area contributed by atoms with Gasteiger partial charge in [-0.15, -0.1) is 0 Å². The first-order valence-electron chi connectivity index (χ1n) is 13.9. The highest BCUT2D eigenvalue weighted by Gasteiger charge is 2.35. The van der Waals surface area contributed by atoms with Crippen molar-refractivity contribution in [2.75, 3.05) is 24.0 Å². The zero-order valence-electron chi connectivity index (χ0n) is 24.3. The van der Waals surface area contributed by atoms with E-state index in [4.69, 9.17) is 27.9 Å². The molecule has 0 aromatic heterocycles. The number of rotatable bonds is 14. The molecule has 0 spiro atoms. The molecule has 3 rings (SSSR count). The fourth-order valence-electron chi connectivity index (χ4n) is 4.43. The molecule has 0 saturated carbocycles. The van der Waals surface area contributed by atoms with E-state index in [2.05, 4.69) is 5.32 Å². The summed E-state index contributed by atoms with van der Waals surface area (Å²) in [5, 5.41) is 3.51. The van der Waals surface area contributed by atoms with Gasteiger partial charge in [-0.2, -0.15) is 0 Å². The van der Waals surface area contributed by atoms with Gasteiger partial charge < -0.3 is 15.0 Å². The van der Waals surface area contributed by atoms with Gasteiger partial charge in [-0.3, -0.25) is 13.9 Å². The Morgan fingerprint density at radius 1 is 0.929 bits per heavy atom. The molecule has 8 nitrogen and oxygen atoms in total. The minimum absolute atomic E-state index is 0.0145. The number of nitrogens with zero attached hydrogens (tertiary/aromatic N) is 2. The molecule has 2 amide bonds. The molecule has 0 aliphatic heterocycles. The van der Waals surface area contributed by atoms with E-state index in [0.29, 0.717) is 34.3 Å². The number of aryl methyl sites for hydroxylation is 1. The van der Waals surface area contributed by atoms with Crippen molar-refractivity contribution in [3.8, 4) is 5.75 Å². The van der Waals surface area contributed by atoms with Gasteiger partial charge in [0.2, 0.25) is 11.8 Å². The number of benzene rings is 3. The Labute approximate surface area is 258 Å². The Balaban J connectivity index is 2.14. The summed E-state index contributed by atoms with van der Waals surface area (Å²) >= 11 is 12.9. The van der Waals surface area contributed by atoms with Crippen molar-refractivity contribution in [3.63, 3.8) is 0 Å². The van der Waals surface area contributed by atoms with Gasteiger partial charge in [0, 0.05) is 28.7 Å². The van der Waals surface area contributed by atoms with E-state index in [0.717, 1.165) is 9.87 Å². The van der Waals surface area contributed by atoms with E-state index in [1.54, 1.807) is 68.4 Å². The van der Waals surface area contributed by atoms with Crippen LogP contribution < -0.4 is 14.4 Å². The number of nitrogens with one attached hydrogen (secondary N) is 1. The molecule has 0 aliphatic carbocycles. The molecule has 1 N–H and O–H groups in total. The number of anilines is 1. The number of carbonyl (C=O) groups excluding carboxylic acids is 2. The number of para-hydroxylation sites is 2. The number of hydrogen-bond donors (Lipinski definition) is 1. The van der Waals surface area contributed by atoms with Crippen LogP contribution in [0, 0.1) is 6.92 Å². The number of carbonyl (C=O) groups is 2. The maximum absolute atomic E-state index is 14.2. The lowest BCUT2D eigenvalue weighted by Crippen LogP contribution is -2.52. The van der Waals surface area contributed by atoms with Crippen molar-refractivity contribution in [1.82, 2.24) is 10.2 Å². The van der Waals surface area contributed by atoms with Crippen molar-refractivity contribution in [3.05, 3.63) is 87.9 Å². The van der Waals surface area contributed by atoms with Gasteiger partial charge in [-0.25, -0.2) is 8.42 Å². The first-order valence-corrected chi connectivity index (χ1v) is 16.1. The third kappa shape index (κ3) is 7.96. The lowest BCUT2D eigenvalue weighted by molar-refractivity contribution is -0.140. The second kappa shape index (κ2) is 15.3. The van der Waals surface area contributed by atoms with Gasteiger partial charge in [-0.1, -0.05) is 72.9 Å². The summed E-state index contributed by atoms with van der Waals surface area (Å²) in [6, 6.07) is 17.1. The maximum Gasteiger partial charge on any atom is 0.264 e. The predicted octanol–water partition coefficient (Wildman–Crippen LogP) is 6.23. The van der Waals surface area contributed by atoms with Crippen molar-refractivity contribution in [2.45, 2.75) is 58.0 Å². The van der Waals surface area contributed by atoms with Crippen LogP contribution in [0.4, 0.5) is 5.69 Å². The zero-order valence-corrected chi connectivity index (χ0v) is 26.6. The van der Waals surface area contributed by atoms with Crippen LogP contribution in [0.2, 0.25) is 10.0 Å². The van der Waals surface area contributed by atoms with Crippen LogP contribution in [0.15, 0.2) is 71.6 Å². The molecule has 0 unspecified atom stereocenters. The summed E-state index contributed by atoms with van der Waals surface area (Å²) in [6.45, 7) is 7.38. The monoisotopic (exact) mass is 633 g/mol. The molecule has 3 aromatic rings. The molecule has 11 heteroatoms. The second-order valence-electron chi connectivity index (χ2n) is 9.66. The van der Waals surface area contributed by atoms with Crippen LogP contribution in [0.3, 0.4) is 0 Å². The quantitative estimate of drug-likeness (QED) is 0.227. The third-order valence-electron chi connectivity index (χ3n) is 6.65. The van der Waals surface area contributed by atoms with Gasteiger partial charge >= 0.3 is 0 Å². The molecule has 0 saturated heterocycles. The van der Waals surface area contributed by atoms with E-state index in [1.165, 1.54) is 17.0 Å². The number of sulfonamides is 1. The smallest absolute Gasteiger partial charge is 0.264 e. The van der Waals surface area contributed by atoms with Crippen LogP contribution in [-0.2, 0) is 26.2 Å². The normalized spacial score (nSPS) is 12.0. The number of ether oxygens (including phenoxy) is 1. The summed E-state index contributed by atoms with van der Waals surface area (Å²) in [4.78, 5) is 28.9. The lowest BCUT2D eigenvalue weighted by Gasteiger charge is -2.34. The minimum atomic E-state index is -4.24. The third-order valence-corrected chi connectivity index (χ3v) is 9.13. The second-order valence-corrected chi connectivity index (χ2v) is 12.3. The molecule has 226 valence electrons. The number of halogens is 2. The average Bonchev–Trinajstić information content (AvgIpc) is 2.96. The van der Waals surface area contributed by atoms with E-state index < -0.39 is 28.5 Å². The SMILES string of the molecule is CCCNC(=O)[C@@H](CC)N(Cc1c(Cl)cccc1Cl)C(=O)CN(c1ccccc1OCC)S(=O)(=O)c1ccc(C)cc1. The molecule has 0 heterocycles. The minimum Gasteiger partial charge on any atom is -0.492 e. The molecule has 0 fully saturated rings. The summed E-state index contributed by atoms with van der Waals surface area (Å²) < 4.78 is 35.0. The van der Waals surface area contributed by atoms with Crippen LogP contribution in [0.5, 0.6) is 5.75 Å². The van der Waals surface area contributed by atoms with E-state index in [1.807, 2.05) is 13.8 Å². The van der Waals surface area contributed by atoms with Gasteiger partial charge in [0.25, 0.3) is 10.0 Å². The average molecular weight is 635 g/mol. The molecule has 1 atom stereocenters. The van der Waals surface area contributed by atoms with Crippen molar-refractivity contribution in [2.24, 2.45) is 0 Å². The van der Waals surface area contributed by atoms with E-state index in [9.17, 15) is 18.0 Å². The van der Waals surface area contributed by atoms with Gasteiger partial charge in [0.1, 0.15) is 18.3 Å². The summed E-state index contributed by atoms with van der Waals surface area (Å²) in [6.07, 6.45) is 0.993. The van der Waals surface area contributed by atoms with Crippen LogP contribution in [0.25, 0.3) is 0 Å². The van der Waals surface area contributed by atoms with Crippen LogP contribution in [0.1, 0.15) is 44.7 Å². The first-order chi connectivity index (χ1) is 20.0. The highest BCUT2D eigenvalue weighted by Crippen LogP contribution is 2.33. The molecule has 3 aromatic carbocycles. The maximum atomic E-state index is 14.2.